The summed E-state index contributed by atoms with van der Waals surface area (Å²) in [6.07, 6.45) is 3.46. The summed E-state index contributed by atoms with van der Waals surface area (Å²) in [5, 5.41) is 11.2. The zero-order chi connectivity index (χ0) is 23.5. The van der Waals surface area contributed by atoms with Crippen LogP contribution < -0.4 is 16.3 Å². The van der Waals surface area contributed by atoms with Gasteiger partial charge in [0.15, 0.2) is 17.5 Å². The number of anilines is 1. The third kappa shape index (κ3) is 8.04. The van der Waals surface area contributed by atoms with Gasteiger partial charge in [0.1, 0.15) is 0 Å². The number of hydroxylamine groups is 2. The molecule has 4 N–H and O–H groups in total. The lowest BCUT2D eigenvalue weighted by atomic mass is 10.1. The molecule has 1 atom stereocenters. The maximum absolute atomic E-state index is 14.9. The summed E-state index contributed by atoms with van der Waals surface area (Å²) in [6, 6.07) is 1.08. The minimum Gasteiger partial charge on any atom is -0.394 e. The maximum atomic E-state index is 14.9. The highest BCUT2D eigenvalue weighted by atomic mass is 127. The molecule has 1 amide bonds. The van der Waals surface area contributed by atoms with Crippen LogP contribution in [0.2, 0.25) is 0 Å². The highest BCUT2D eigenvalue weighted by molar-refractivity contribution is 14.2. The molecule has 178 valence electrons. The summed E-state index contributed by atoms with van der Waals surface area (Å²) in [6.45, 7) is -0.664. The van der Waals surface area contributed by atoms with Gasteiger partial charge in [-0.3, -0.25) is 13.8 Å². The molecular formula is C19H23F3IN3O5S. The van der Waals surface area contributed by atoms with E-state index in [4.69, 9.17) is 14.8 Å². The molecule has 1 heterocycles. The number of nitrogens with one attached hydrogen (secondary N) is 3. The first kappa shape index (κ1) is 26.6. The van der Waals surface area contributed by atoms with Crippen molar-refractivity contribution in [1.29, 1.82) is 0 Å². The zero-order valence-electron chi connectivity index (χ0n) is 17.1. The normalized spacial score (nSPS) is 14.3. The van der Waals surface area contributed by atoms with Gasteiger partial charge in [-0.1, -0.05) is 20.7 Å². The van der Waals surface area contributed by atoms with Crippen LogP contribution in [0.3, 0.4) is 0 Å². The lowest BCUT2D eigenvalue weighted by molar-refractivity contribution is 0.0168. The number of amides is 1. The van der Waals surface area contributed by atoms with Gasteiger partial charge in [-0.2, -0.15) is 5.48 Å². The van der Waals surface area contributed by atoms with Crippen LogP contribution in [0.25, 0.3) is 0 Å². The number of aliphatic hydroxyl groups is 1. The van der Waals surface area contributed by atoms with Crippen LogP contribution in [0.5, 0.6) is 0 Å². The van der Waals surface area contributed by atoms with E-state index in [1.54, 1.807) is 10.3 Å². The van der Waals surface area contributed by atoms with Gasteiger partial charge >= 0.3 is 0 Å². The predicted molar refractivity (Wildman–Crippen MR) is 124 cm³/mol. The van der Waals surface area contributed by atoms with Crippen molar-refractivity contribution in [3.63, 3.8) is 0 Å². The topological polar surface area (TPSA) is 109 Å². The van der Waals surface area contributed by atoms with E-state index in [-0.39, 0.29) is 43.2 Å². The van der Waals surface area contributed by atoms with E-state index in [1.165, 1.54) is 10.1 Å². The number of carbonyl (C=O) groups excluding carboxylic acids is 1. The first-order valence-corrected chi connectivity index (χ1v) is 13.5. The number of benzene rings is 1. The van der Waals surface area contributed by atoms with Crippen molar-refractivity contribution in [3.05, 3.63) is 50.5 Å². The molecule has 0 spiro atoms. The minimum absolute atomic E-state index is 0.109. The summed E-state index contributed by atoms with van der Waals surface area (Å²) in [5.41, 5.74) is 3.26. The maximum Gasteiger partial charge on any atom is 0.277 e. The molecule has 1 unspecified atom stereocenters. The number of hydrogen-bond acceptors (Lipinski definition) is 7. The van der Waals surface area contributed by atoms with Crippen LogP contribution in [0.15, 0.2) is 27.7 Å². The van der Waals surface area contributed by atoms with Crippen molar-refractivity contribution in [2.45, 2.75) is 13.0 Å². The van der Waals surface area contributed by atoms with E-state index in [1.807, 2.05) is 5.48 Å². The molecule has 1 aliphatic heterocycles. The van der Waals surface area contributed by atoms with Gasteiger partial charge in [-0.25, -0.2) is 18.7 Å². The summed E-state index contributed by atoms with van der Waals surface area (Å²) in [7, 11) is -0.967. The van der Waals surface area contributed by atoms with E-state index in [9.17, 15) is 22.2 Å². The lowest BCUT2D eigenvalue weighted by Crippen LogP contribution is -2.27. The summed E-state index contributed by atoms with van der Waals surface area (Å²) >= 11 is -0.604. The number of rotatable bonds is 13. The molecule has 0 saturated heterocycles. The largest absolute Gasteiger partial charge is 0.394 e. The van der Waals surface area contributed by atoms with Gasteiger partial charge in [0.2, 0.25) is 0 Å². The van der Waals surface area contributed by atoms with Crippen molar-refractivity contribution in [2.75, 3.05) is 37.1 Å². The van der Waals surface area contributed by atoms with E-state index >= 15 is 0 Å². The third-order valence-corrected chi connectivity index (χ3v) is 6.45. The molecule has 13 heteroatoms. The average molecular weight is 589 g/mol. The molecule has 0 aromatic heterocycles. The molecule has 0 bridgehead atoms. The fourth-order valence-electron chi connectivity index (χ4n) is 2.43. The summed E-state index contributed by atoms with van der Waals surface area (Å²) < 4.78 is 57.7. The molecular weight excluding hydrogens is 566 g/mol. The minimum atomic E-state index is -1.38. The molecule has 0 aliphatic carbocycles. The Balaban J connectivity index is 2.25. The molecule has 1 aliphatic rings. The second-order valence-corrected chi connectivity index (χ2v) is 9.92. The lowest BCUT2D eigenvalue weighted by Gasteiger charge is -2.17. The standard InChI is InChI=1S/C19H23F3IN3O5S/c1-32(29)8-2-6-30-24-11-12-9-13(19(28)26-31-7-5-27)18(17(22)16(12)21)25-15-3-4-23-10-14(15)20/h3-4,9-10,24-25,27H,2,5-8,11H2,1H3,(H,26,28). The molecule has 0 fully saturated rings. The number of halogens is 4. The van der Waals surface area contributed by atoms with Gasteiger partial charge in [0.05, 0.1) is 36.8 Å². The molecule has 1 aromatic carbocycles. The molecule has 32 heavy (non-hydrogen) atoms. The molecule has 0 radical (unpaired) electrons. The molecule has 0 saturated carbocycles. The average Bonchev–Trinajstić information content (AvgIpc) is 2.76. The first-order chi connectivity index (χ1) is 15.3. The van der Waals surface area contributed by atoms with Crippen molar-refractivity contribution in [2.24, 2.45) is 0 Å². The Morgan fingerprint density at radius 1 is 1.22 bits per heavy atom. The van der Waals surface area contributed by atoms with Gasteiger partial charge in [0.25, 0.3) is 5.91 Å². The van der Waals surface area contributed by atoms with E-state index in [0.717, 1.165) is 6.07 Å². The Kier molecular flexibility index (Phi) is 11.5. The van der Waals surface area contributed by atoms with Crippen LogP contribution in [-0.2, 0) is 27.0 Å². The van der Waals surface area contributed by atoms with Crippen molar-refractivity contribution >= 4 is 47.1 Å². The van der Waals surface area contributed by atoms with Crippen LogP contribution in [0.1, 0.15) is 22.3 Å². The Labute approximate surface area is 195 Å². The highest BCUT2D eigenvalue weighted by Crippen LogP contribution is 2.29. The first-order valence-electron chi connectivity index (χ1n) is 9.32. The Hall–Kier alpha value is -1.65. The van der Waals surface area contributed by atoms with Gasteiger partial charge in [-0.15, -0.1) is 0 Å². The summed E-state index contributed by atoms with van der Waals surface area (Å²) in [5.74, 6) is -3.75. The highest BCUT2D eigenvalue weighted by Gasteiger charge is 2.24. The Morgan fingerprint density at radius 2 is 2.00 bits per heavy atom. The number of hydrogen-bond donors (Lipinski definition) is 4. The predicted octanol–water partition coefficient (Wildman–Crippen LogP) is 2.30. The van der Waals surface area contributed by atoms with Crippen LogP contribution in [-0.4, -0.2) is 51.1 Å². The number of allylic oxidation sites excluding steroid dienone is 2. The fraction of sp³-hybridized carbons (Fsp3) is 0.368. The van der Waals surface area contributed by atoms with Crippen molar-refractivity contribution in [1.82, 2.24) is 11.0 Å². The zero-order valence-corrected chi connectivity index (χ0v) is 20.0. The molecule has 8 nitrogen and oxygen atoms in total. The molecule has 2 rings (SSSR count). The van der Waals surface area contributed by atoms with Crippen LogP contribution >= 0.6 is 20.7 Å². The van der Waals surface area contributed by atoms with Crippen molar-refractivity contribution in [3.8, 4) is 0 Å². The Bertz CT molecular complexity index is 943. The van der Waals surface area contributed by atoms with E-state index in [0.29, 0.717) is 12.2 Å². The SMILES string of the molecule is CS(=O)CCCONCc1cc(C(=O)NOCCO)c(NC2=C(F)C=IC=C2)c(F)c1F. The quantitative estimate of drug-likeness (QED) is 0.159. The summed E-state index contributed by atoms with van der Waals surface area (Å²) in [4.78, 5) is 22.4. The van der Waals surface area contributed by atoms with Gasteiger partial charge in [-0.05, 0) is 22.6 Å². The Morgan fingerprint density at radius 3 is 2.69 bits per heavy atom. The second kappa shape index (κ2) is 13.8. The van der Waals surface area contributed by atoms with E-state index < -0.39 is 60.6 Å². The van der Waals surface area contributed by atoms with E-state index in [2.05, 4.69) is 10.8 Å². The third-order valence-electron chi connectivity index (χ3n) is 3.91. The van der Waals surface area contributed by atoms with Gasteiger partial charge in [0, 0.05) is 38.9 Å². The smallest absolute Gasteiger partial charge is 0.277 e. The van der Waals surface area contributed by atoms with Crippen LogP contribution in [0, 0.1) is 11.6 Å². The number of aliphatic hydroxyl groups excluding tert-OH is 1. The molecule has 1 aromatic rings. The van der Waals surface area contributed by atoms with Crippen molar-refractivity contribution < 1.29 is 37.0 Å². The van der Waals surface area contributed by atoms with Gasteiger partial charge < -0.3 is 15.3 Å². The number of carbonyl (C=O) groups is 1. The second-order valence-electron chi connectivity index (χ2n) is 6.30. The monoisotopic (exact) mass is 589 g/mol. The van der Waals surface area contributed by atoms with Crippen LogP contribution in [0.4, 0.5) is 18.9 Å². The fourth-order valence-corrected chi connectivity index (χ4v) is 4.38.